The Morgan fingerprint density at radius 1 is 1.44 bits per heavy atom. The molecule has 0 heterocycles. The van der Waals surface area contributed by atoms with Crippen molar-refractivity contribution in [3.05, 3.63) is 0 Å². The molecule has 0 aromatic heterocycles. The van der Waals surface area contributed by atoms with Gasteiger partial charge >= 0.3 is 0 Å². The maximum Gasteiger partial charge on any atom is 0.0477 e. The predicted molar refractivity (Wildman–Crippen MR) is 42.3 cm³/mol. The second kappa shape index (κ2) is 2.10. The second-order valence-corrected chi connectivity index (χ2v) is 9.62. The number of aliphatic hydroxyl groups is 1. The van der Waals surface area contributed by atoms with Crippen LogP contribution in [0.4, 0.5) is 0 Å². The SMILES string of the molecule is C[Si](C)(C)[C@H]1C[C@H]1CO. The van der Waals surface area contributed by atoms with E-state index >= 15 is 0 Å². The average Bonchev–Trinajstić information content (AvgIpc) is 2.39. The van der Waals surface area contributed by atoms with E-state index in [1.807, 2.05) is 0 Å². The van der Waals surface area contributed by atoms with E-state index < -0.39 is 8.07 Å². The molecule has 54 valence electrons. The Bertz CT molecular complexity index is 106. The average molecular weight is 144 g/mol. The van der Waals surface area contributed by atoms with E-state index in [0.29, 0.717) is 12.5 Å². The molecule has 2 heteroatoms. The lowest BCUT2D eigenvalue weighted by Gasteiger charge is -2.14. The molecule has 0 saturated heterocycles. The third-order valence-electron chi connectivity index (χ3n) is 2.27. The van der Waals surface area contributed by atoms with Gasteiger partial charge < -0.3 is 5.11 Å². The molecule has 2 atom stereocenters. The van der Waals surface area contributed by atoms with Crippen LogP contribution in [0.5, 0.6) is 0 Å². The van der Waals surface area contributed by atoms with E-state index in [-0.39, 0.29) is 0 Å². The van der Waals surface area contributed by atoms with Crippen LogP contribution in [0.1, 0.15) is 6.42 Å². The van der Waals surface area contributed by atoms with Crippen molar-refractivity contribution in [2.45, 2.75) is 31.6 Å². The molecule has 9 heavy (non-hydrogen) atoms. The fourth-order valence-electron chi connectivity index (χ4n) is 1.51. The monoisotopic (exact) mass is 144 g/mol. The van der Waals surface area contributed by atoms with Crippen LogP contribution in [0.25, 0.3) is 0 Å². The van der Waals surface area contributed by atoms with Crippen molar-refractivity contribution in [2.75, 3.05) is 6.61 Å². The minimum atomic E-state index is -0.868. The number of aliphatic hydroxyl groups excluding tert-OH is 1. The van der Waals surface area contributed by atoms with E-state index in [1.165, 1.54) is 6.42 Å². The highest BCUT2D eigenvalue weighted by molar-refractivity contribution is 6.78. The van der Waals surface area contributed by atoms with Crippen LogP contribution in [-0.4, -0.2) is 19.8 Å². The molecule has 0 bridgehead atoms. The van der Waals surface area contributed by atoms with Gasteiger partial charge in [0.25, 0.3) is 0 Å². The van der Waals surface area contributed by atoms with Crippen LogP contribution in [-0.2, 0) is 0 Å². The van der Waals surface area contributed by atoms with Gasteiger partial charge in [0.1, 0.15) is 0 Å². The molecule has 0 amide bonds. The summed E-state index contributed by atoms with van der Waals surface area (Å²) in [5.74, 6) is 0.677. The van der Waals surface area contributed by atoms with Crippen molar-refractivity contribution < 1.29 is 5.11 Å². The molecule has 1 rings (SSSR count). The van der Waals surface area contributed by atoms with Crippen molar-refractivity contribution in [3.8, 4) is 0 Å². The van der Waals surface area contributed by atoms with E-state index in [1.54, 1.807) is 0 Å². The topological polar surface area (TPSA) is 20.2 Å². The molecule has 0 aromatic carbocycles. The van der Waals surface area contributed by atoms with Crippen LogP contribution >= 0.6 is 0 Å². The zero-order chi connectivity index (χ0) is 7.07. The summed E-state index contributed by atoms with van der Waals surface area (Å²) in [6, 6.07) is 0. The van der Waals surface area contributed by atoms with Gasteiger partial charge in [0, 0.05) is 14.7 Å². The first-order valence-corrected chi connectivity index (χ1v) is 7.24. The van der Waals surface area contributed by atoms with Crippen LogP contribution in [0.2, 0.25) is 25.2 Å². The Balaban J connectivity index is 2.33. The van der Waals surface area contributed by atoms with Gasteiger partial charge in [0.15, 0.2) is 0 Å². The summed E-state index contributed by atoms with van der Waals surface area (Å²) in [6.45, 7) is 7.57. The van der Waals surface area contributed by atoms with Crippen molar-refractivity contribution in [2.24, 2.45) is 5.92 Å². The summed E-state index contributed by atoms with van der Waals surface area (Å²) in [5.41, 5.74) is 0.919. The quantitative estimate of drug-likeness (QED) is 0.585. The smallest absolute Gasteiger partial charge is 0.0477 e. The van der Waals surface area contributed by atoms with E-state index in [2.05, 4.69) is 19.6 Å². The molecule has 1 fully saturated rings. The Hall–Kier alpha value is 0.177. The molecule has 0 spiro atoms. The zero-order valence-electron chi connectivity index (χ0n) is 6.52. The lowest BCUT2D eigenvalue weighted by molar-refractivity contribution is 0.276. The van der Waals surface area contributed by atoms with Gasteiger partial charge in [0.05, 0.1) is 0 Å². The number of hydrogen-bond acceptors (Lipinski definition) is 1. The van der Waals surface area contributed by atoms with Crippen LogP contribution < -0.4 is 0 Å². The van der Waals surface area contributed by atoms with Gasteiger partial charge in [-0.3, -0.25) is 0 Å². The number of rotatable bonds is 2. The molecule has 1 aliphatic rings. The molecule has 0 unspecified atom stereocenters. The first-order valence-electron chi connectivity index (χ1n) is 3.66. The van der Waals surface area contributed by atoms with Crippen molar-refractivity contribution in [1.82, 2.24) is 0 Å². The van der Waals surface area contributed by atoms with Gasteiger partial charge in [0.2, 0.25) is 0 Å². The van der Waals surface area contributed by atoms with Gasteiger partial charge in [-0.1, -0.05) is 19.6 Å². The lowest BCUT2D eigenvalue weighted by atomic mass is 10.5. The van der Waals surface area contributed by atoms with Crippen LogP contribution in [0, 0.1) is 5.92 Å². The lowest BCUT2D eigenvalue weighted by Crippen LogP contribution is -2.21. The van der Waals surface area contributed by atoms with Crippen molar-refractivity contribution >= 4 is 8.07 Å². The molecular weight excluding hydrogens is 128 g/mol. The van der Waals surface area contributed by atoms with E-state index in [9.17, 15) is 0 Å². The maximum atomic E-state index is 8.76. The number of hydrogen-bond donors (Lipinski definition) is 1. The van der Waals surface area contributed by atoms with Gasteiger partial charge in [-0.15, -0.1) is 0 Å². The first-order chi connectivity index (χ1) is 4.05. The summed E-state index contributed by atoms with van der Waals surface area (Å²) >= 11 is 0. The third-order valence-corrected chi connectivity index (χ3v) is 5.20. The molecule has 1 N–H and O–H groups in total. The fourth-order valence-corrected chi connectivity index (χ4v) is 4.04. The largest absolute Gasteiger partial charge is 0.396 e. The maximum absolute atomic E-state index is 8.76. The molecule has 0 aromatic rings. The molecule has 0 radical (unpaired) electrons. The highest BCUT2D eigenvalue weighted by atomic mass is 28.3. The van der Waals surface area contributed by atoms with Gasteiger partial charge in [-0.25, -0.2) is 0 Å². The van der Waals surface area contributed by atoms with Crippen molar-refractivity contribution in [1.29, 1.82) is 0 Å². The predicted octanol–water partition coefficient (Wildman–Crippen LogP) is 1.71. The van der Waals surface area contributed by atoms with E-state index in [0.717, 1.165) is 5.54 Å². The Labute approximate surface area is 58.1 Å². The van der Waals surface area contributed by atoms with Gasteiger partial charge in [-0.2, -0.15) is 0 Å². The minimum Gasteiger partial charge on any atom is -0.396 e. The molecule has 0 aliphatic heterocycles. The summed E-state index contributed by atoms with van der Waals surface area (Å²) < 4.78 is 0. The highest BCUT2D eigenvalue weighted by Gasteiger charge is 2.45. The van der Waals surface area contributed by atoms with Gasteiger partial charge in [-0.05, 0) is 17.9 Å². The highest BCUT2D eigenvalue weighted by Crippen LogP contribution is 2.51. The third kappa shape index (κ3) is 1.55. The van der Waals surface area contributed by atoms with Crippen LogP contribution in [0.15, 0.2) is 0 Å². The summed E-state index contributed by atoms with van der Waals surface area (Å²) in [5, 5.41) is 8.76. The zero-order valence-corrected chi connectivity index (χ0v) is 7.52. The minimum absolute atomic E-state index is 0.426. The Kier molecular flexibility index (Phi) is 1.70. The Morgan fingerprint density at radius 2 is 2.00 bits per heavy atom. The summed E-state index contributed by atoms with van der Waals surface area (Å²) in [7, 11) is -0.868. The van der Waals surface area contributed by atoms with Crippen molar-refractivity contribution in [3.63, 3.8) is 0 Å². The molecule has 1 aliphatic carbocycles. The summed E-state index contributed by atoms with van der Waals surface area (Å²) in [6.07, 6.45) is 1.30. The first kappa shape index (κ1) is 7.29. The van der Waals surface area contributed by atoms with Crippen LogP contribution in [0.3, 0.4) is 0 Å². The fraction of sp³-hybridized carbons (Fsp3) is 1.00. The molecule has 1 nitrogen and oxygen atoms in total. The normalized spacial score (nSPS) is 34.7. The summed E-state index contributed by atoms with van der Waals surface area (Å²) in [4.78, 5) is 0. The molecule has 1 saturated carbocycles. The molecular formula is C7H16OSi. The van der Waals surface area contributed by atoms with E-state index in [4.69, 9.17) is 5.11 Å². The standard InChI is InChI=1S/C7H16OSi/c1-9(2,3)7-4-6(7)5-8/h6-8H,4-5H2,1-3H3/t6-,7-/m0/s1. The second-order valence-electron chi connectivity index (χ2n) is 4.15. The Morgan fingerprint density at radius 3 is 2.11 bits per heavy atom.